The molecule has 82 valence electrons. The van der Waals surface area contributed by atoms with Gasteiger partial charge in [0, 0.05) is 6.54 Å². The van der Waals surface area contributed by atoms with E-state index in [-0.39, 0.29) is 13.0 Å². The minimum Gasteiger partial charge on any atom is -0.480 e. The molecule has 4 N–H and O–H groups in total. The number of carbonyl (C=O) groups excluding carboxylic acids is 1. The van der Waals surface area contributed by atoms with Crippen LogP contribution in [0.2, 0.25) is 0 Å². The third-order valence-electron chi connectivity index (χ3n) is 1.63. The molecule has 0 saturated heterocycles. The normalized spacial score (nSPS) is 14.5. The van der Waals surface area contributed by atoms with E-state index in [0.717, 1.165) is 0 Å². The first kappa shape index (κ1) is 12.9. The zero-order valence-corrected chi connectivity index (χ0v) is 8.28. The quantitative estimate of drug-likeness (QED) is 0.424. The smallest absolute Gasteiger partial charge is 0.321 e. The summed E-state index contributed by atoms with van der Waals surface area (Å²) in [6, 6.07) is -0.885. The fourth-order valence-corrected chi connectivity index (χ4v) is 0.832. The van der Waals surface area contributed by atoms with Crippen LogP contribution in [0.15, 0.2) is 0 Å². The van der Waals surface area contributed by atoms with Crippen LogP contribution in [0, 0.1) is 0 Å². The summed E-state index contributed by atoms with van der Waals surface area (Å²) in [4.78, 5) is 21.6. The molecule has 0 spiro atoms. The van der Waals surface area contributed by atoms with E-state index in [4.69, 9.17) is 10.2 Å². The van der Waals surface area contributed by atoms with Crippen LogP contribution in [0.1, 0.15) is 13.3 Å². The number of carboxylic acids is 1. The molecule has 0 aliphatic carbocycles. The van der Waals surface area contributed by atoms with Gasteiger partial charge >= 0.3 is 5.97 Å². The molecule has 0 fully saturated rings. The average Bonchev–Trinajstić information content (AvgIpc) is 2.10. The monoisotopic (exact) mass is 204 g/mol. The number of likely N-dealkylation sites (N-methyl/N-ethyl adjacent to an activating group) is 1. The number of carbonyl (C=O) groups is 2. The molecule has 6 nitrogen and oxygen atoms in total. The third-order valence-corrected chi connectivity index (χ3v) is 1.63. The first-order valence-electron chi connectivity index (χ1n) is 4.32. The van der Waals surface area contributed by atoms with Crippen molar-refractivity contribution >= 4 is 11.9 Å². The molecule has 0 radical (unpaired) electrons. The maximum absolute atomic E-state index is 11.1. The Labute approximate surface area is 82.3 Å². The number of carboxylic acid groups (broad SMARTS) is 1. The Morgan fingerprint density at radius 3 is 2.36 bits per heavy atom. The number of hydrogen-bond donors (Lipinski definition) is 4. The molecular formula is C8H16N2O4. The van der Waals surface area contributed by atoms with Gasteiger partial charge in [-0.1, -0.05) is 0 Å². The number of amides is 1. The summed E-state index contributed by atoms with van der Waals surface area (Å²) in [5.41, 5.74) is 0. The highest BCUT2D eigenvalue weighted by Gasteiger charge is 2.18. The maximum Gasteiger partial charge on any atom is 0.321 e. The number of aliphatic hydroxyl groups excluding tert-OH is 1. The largest absolute Gasteiger partial charge is 0.480 e. The van der Waals surface area contributed by atoms with E-state index < -0.39 is 24.0 Å². The molecule has 1 amide bonds. The second kappa shape index (κ2) is 6.33. The van der Waals surface area contributed by atoms with E-state index in [1.165, 1.54) is 14.0 Å². The Morgan fingerprint density at radius 1 is 1.43 bits per heavy atom. The Bertz CT molecular complexity index is 206. The minimum atomic E-state index is -1.07. The minimum absolute atomic E-state index is 0.134. The van der Waals surface area contributed by atoms with Gasteiger partial charge in [-0.05, 0) is 14.0 Å². The molecular weight excluding hydrogens is 188 g/mol. The lowest BCUT2D eigenvalue weighted by Crippen LogP contribution is -2.40. The molecule has 0 aliphatic heterocycles. The Kier molecular flexibility index (Phi) is 5.82. The van der Waals surface area contributed by atoms with E-state index in [2.05, 4.69) is 10.6 Å². The first-order chi connectivity index (χ1) is 6.47. The molecule has 0 heterocycles. The van der Waals surface area contributed by atoms with Gasteiger partial charge in [0.15, 0.2) is 0 Å². The van der Waals surface area contributed by atoms with Crippen molar-refractivity contribution < 1.29 is 19.8 Å². The zero-order chi connectivity index (χ0) is 11.1. The standard InChI is InChI=1S/C8H16N2O4/c1-5(11)4-10-7(12)3-6(9-2)8(13)14/h5-6,9,11H,3-4H2,1-2H3,(H,10,12)(H,13,14)/t5?,6-/m0/s1. The fourth-order valence-electron chi connectivity index (χ4n) is 0.832. The SMILES string of the molecule is CN[C@@H](CC(=O)NCC(C)O)C(=O)O. The lowest BCUT2D eigenvalue weighted by Gasteiger charge is -2.11. The van der Waals surface area contributed by atoms with Crippen LogP contribution in [0.25, 0.3) is 0 Å². The van der Waals surface area contributed by atoms with Gasteiger partial charge < -0.3 is 20.8 Å². The summed E-state index contributed by atoms with van der Waals surface area (Å²) >= 11 is 0. The predicted molar refractivity (Wildman–Crippen MR) is 49.8 cm³/mol. The van der Waals surface area contributed by atoms with E-state index in [9.17, 15) is 9.59 Å². The topological polar surface area (TPSA) is 98.7 Å². The Morgan fingerprint density at radius 2 is 2.00 bits per heavy atom. The summed E-state index contributed by atoms with van der Waals surface area (Å²) in [7, 11) is 1.47. The molecule has 1 unspecified atom stereocenters. The molecule has 0 aromatic rings. The average molecular weight is 204 g/mol. The van der Waals surface area contributed by atoms with Crippen LogP contribution in [0.5, 0.6) is 0 Å². The molecule has 0 aromatic carbocycles. The molecule has 0 saturated carbocycles. The Balaban J connectivity index is 3.85. The molecule has 0 aliphatic rings. The fraction of sp³-hybridized carbons (Fsp3) is 0.750. The number of aliphatic carboxylic acids is 1. The number of aliphatic hydroxyl groups is 1. The second-order valence-corrected chi connectivity index (χ2v) is 3.04. The van der Waals surface area contributed by atoms with Crippen LogP contribution >= 0.6 is 0 Å². The van der Waals surface area contributed by atoms with Gasteiger partial charge in [0.1, 0.15) is 6.04 Å². The van der Waals surface area contributed by atoms with Gasteiger partial charge in [-0.2, -0.15) is 0 Å². The van der Waals surface area contributed by atoms with Gasteiger partial charge in [0.05, 0.1) is 12.5 Å². The summed E-state index contributed by atoms with van der Waals surface area (Å²) < 4.78 is 0. The molecule has 0 bridgehead atoms. The zero-order valence-electron chi connectivity index (χ0n) is 8.28. The number of rotatable bonds is 6. The van der Waals surface area contributed by atoms with Crippen molar-refractivity contribution in [1.29, 1.82) is 0 Å². The van der Waals surface area contributed by atoms with Crippen molar-refractivity contribution in [3.8, 4) is 0 Å². The van der Waals surface area contributed by atoms with Crippen molar-refractivity contribution in [3.63, 3.8) is 0 Å². The maximum atomic E-state index is 11.1. The van der Waals surface area contributed by atoms with Gasteiger partial charge in [-0.25, -0.2) is 0 Å². The second-order valence-electron chi connectivity index (χ2n) is 3.04. The van der Waals surface area contributed by atoms with Crippen molar-refractivity contribution in [2.45, 2.75) is 25.5 Å². The van der Waals surface area contributed by atoms with Gasteiger partial charge in [0.25, 0.3) is 0 Å². The number of nitrogens with one attached hydrogen (secondary N) is 2. The summed E-state index contributed by atoms with van der Waals surface area (Å²) in [5, 5.41) is 22.4. The van der Waals surface area contributed by atoms with Gasteiger partial charge in [-0.3, -0.25) is 9.59 Å². The van der Waals surface area contributed by atoms with Gasteiger partial charge in [0.2, 0.25) is 5.91 Å². The van der Waals surface area contributed by atoms with Crippen molar-refractivity contribution in [2.75, 3.05) is 13.6 Å². The van der Waals surface area contributed by atoms with Crippen molar-refractivity contribution in [1.82, 2.24) is 10.6 Å². The lowest BCUT2D eigenvalue weighted by atomic mass is 10.2. The third kappa shape index (κ3) is 5.50. The summed E-state index contributed by atoms with van der Waals surface area (Å²) in [5.74, 6) is -1.47. The molecule has 0 aromatic heterocycles. The summed E-state index contributed by atoms with van der Waals surface area (Å²) in [6.07, 6.45) is -0.768. The van der Waals surface area contributed by atoms with E-state index >= 15 is 0 Å². The highest BCUT2D eigenvalue weighted by atomic mass is 16.4. The highest BCUT2D eigenvalue weighted by Crippen LogP contribution is 1.91. The van der Waals surface area contributed by atoms with E-state index in [1.807, 2.05) is 0 Å². The highest BCUT2D eigenvalue weighted by molar-refractivity contribution is 5.84. The molecule has 6 heteroatoms. The first-order valence-corrected chi connectivity index (χ1v) is 4.32. The van der Waals surface area contributed by atoms with E-state index in [0.29, 0.717) is 0 Å². The van der Waals surface area contributed by atoms with Crippen molar-refractivity contribution in [3.05, 3.63) is 0 Å². The molecule has 0 rings (SSSR count). The summed E-state index contributed by atoms with van der Waals surface area (Å²) in [6.45, 7) is 1.67. The van der Waals surface area contributed by atoms with Crippen LogP contribution in [-0.4, -0.2) is 47.8 Å². The van der Waals surface area contributed by atoms with Crippen LogP contribution < -0.4 is 10.6 Å². The van der Waals surface area contributed by atoms with Crippen LogP contribution in [0.3, 0.4) is 0 Å². The van der Waals surface area contributed by atoms with Gasteiger partial charge in [-0.15, -0.1) is 0 Å². The lowest BCUT2D eigenvalue weighted by molar-refractivity contribution is -0.141. The molecule has 2 atom stereocenters. The Hall–Kier alpha value is -1.14. The van der Waals surface area contributed by atoms with E-state index in [1.54, 1.807) is 0 Å². The number of hydrogen-bond acceptors (Lipinski definition) is 4. The van der Waals surface area contributed by atoms with Crippen LogP contribution in [0.4, 0.5) is 0 Å². The van der Waals surface area contributed by atoms with Crippen LogP contribution in [-0.2, 0) is 9.59 Å². The molecule has 14 heavy (non-hydrogen) atoms. The van der Waals surface area contributed by atoms with Crippen molar-refractivity contribution in [2.24, 2.45) is 0 Å². The predicted octanol–water partition coefficient (Wildman–Crippen LogP) is -1.45.